The zero-order chi connectivity index (χ0) is 23.3. The van der Waals surface area contributed by atoms with Gasteiger partial charge in [-0.15, -0.1) is 0 Å². The number of phenolic OH excluding ortho intramolecular Hbond substituents is 2. The van der Waals surface area contributed by atoms with Crippen molar-refractivity contribution in [1.82, 2.24) is 0 Å². The number of anilines is 2. The van der Waals surface area contributed by atoms with Crippen LogP contribution in [0.15, 0.2) is 72.8 Å². The van der Waals surface area contributed by atoms with Crippen molar-refractivity contribution in [2.75, 3.05) is 23.3 Å². The summed E-state index contributed by atoms with van der Waals surface area (Å²) in [6.07, 6.45) is 4.55. The number of piperidine rings is 1. The molecule has 5 heteroatoms. The van der Waals surface area contributed by atoms with E-state index in [1.54, 1.807) is 24.3 Å². The normalized spacial score (nSPS) is 14.2. The lowest BCUT2D eigenvalue weighted by Gasteiger charge is -2.32. The second kappa shape index (κ2) is 9.99. The monoisotopic (exact) mass is 444 g/mol. The third-order valence-electron chi connectivity index (χ3n) is 6.74. The third kappa shape index (κ3) is 5.30. The molecule has 0 unspecified atom stereocenters. The lowest BCUT2D eigenvalue weighted by Crippen LogP contribution is -2.30. The minimum atomic E-state index is -0.453. The Morgan fingerprint density at radius 1 is 0.848 bits per heavy atom. The van der Waals surface area contributed by atoms with Crippen molar-refractivity contribution in [3.63, 3.8) is 0 Å². The van der Waals surface area contributed by atoms with Crippen molar-refractivity contribution in [2.45, 2.75) is 44.4 Å². The summed E-state index contributed by atoms with van der Waals surface area (Å²) in [7, 11) is 0. The lowest BCUT2D eigenvalue weighted by molar-refractivity contribution is -0.116. The van der Waals surface area contributed by atoms with Crippen LogP contribution < -0.4 is 10.2 Å². The van der Waals surface area contributed by atoms with Gasteiger partial charge in [0.05, 0.1) is 11.4 Å². The molecule has 1 saturated heterocycles. The number of hydrogen-bond donors (Lipinski definition) is 3. The van der Waals surface area contributed by atoms with Crippen LogP contribution in [0.1, 0.15) is 50.2 Å². The van der Waals surface area contributed by atoms with E-state index in [2.05, 4.69) is 23.2 Å². The van der Waals surface area contributed by atoms with Gasteiger partial charge in [0.25, 0.3) is 0 Å². The van der Waals surface area contributed by atoms with Crippen molar-refractivity contribution >= 4 is 17.3 Å². The molecule has 0 saturated carbocycles. The Labute approximate surface area is 195 Å². The Hall–Kier alpha value is -3.47. The number of amides is 1. The number of rotatable bonds is 7. The van der Waals surface area contributed by atoms with Gasteiger partial charge in [0.2, 0.25) is 5.91 Å². The maximum Gasteiger partial charge on any atom is 0.224 e. The van der Waals surface area contributed by atoms with Crippen LogP contribution in [0.3, 0.4) is 0 Å². The number of carbonyl (C=O) groups is 1. The smallest absolute Gasteiger partial charge is 0.224 e. The van der Waals surface area contributed by atoms with Crippen molar-refractivity contribution in [3.8, 4) is 11.5 Å². The number of phenols is 2. The predicted molar refractivity (Wildman–Crippen MR) is 133 cm³/mol. The number of carbonyl (C=O) groups excluding carboxylic acids is 1. The average molecular weight is 445 g/mol. The fraction of sp³-hybridized carbons (Fsp3) is 0.321. The van der Waals surface area contributed by atoms with Crippen molar-refractivity contribution in [2.24, 2.45) is 0 Å². The largest absolute Gasteiger partial charge is 0.508 e. The van der Waals surface area contributed by atoms with E-state index in [-0.39, 0.29) is 17.4 Å². The van der Waals surface area contributed by atoms with Crippen molar-refractivity contribution in [3.05, 3.63) is 83.9 Å². The van der Waals surface area contributed by atoms with Gasteiger partial charge in [0.15, 0.2) is 0 Å². The molecule has 3 aromatic carbocycles. The minimum Gasteiger partial charge on any atom is -0.508 e. The summed E-state index contributed by atoms with van der Waals surface area (Å²) in [6.45, 7) is 4.14. The molecule has 0 spiro atoms. The molecule has 0 bridgehead atoms. The van der Waals surface area contributed by atoms with E-state index in [4.69, 9.17) is 0 Å². The van der Waals surface area contributed by atoms with Gasteiger partial charge in [0, 0.05) is 24.9 Å². The fourth-order valence-corrected chi connectivity index (χ4v) is 4.68. The van der Waals surface area contributed by atoms with Crippen LogP contribution >= 0.6 is 0 Å². The number of benzene rings is 3. The van der Waals surface area contributed by atoms with Crippen LogP contribution in [0.4, 0.5) is 11.4 Å². The standard InChI is InChI=1S/C28H32N2O3/c1-28(21-9-13-23(31)14-10-21,22-11-15-24(32)16-12-22)18-17-27(33)29-25-7-3-4-8-26(25)30-19-5-2-6-20-30/h3-4,7-16,31-32H,2,5-6,17-20H2,1H3,(H,29,33). The second-order valence-corrected chi connectivity index (χ2v) is 9.04. The number of para-hydroxylation sites is 2. The van der Waals surface area contributed by atoms with Gasteiger partial charge in [-0.25, -0.2) is 0 Å². The molecule has 1 aliphatic rings. The molecule has 0 aliphatic carbocycles. The highest BCUT2D eigenvalue weighted by Gasteiger charge is 2.30. The Bertz CT molecular complexity index is 1030. The van der Waals surface area contributed by atoms with Crippen LogP contribution in [0.5, 0.6) is 11.5 Å². The number of nitrogens with one attached hydrogen (secondary N) is 1. The van der Waals surface area contributed by atoms with E-state index < -0.39 is 5.41 Å². The summed E-state index contributed by atoms with van der Waals surface area (Å²) in [5.41, 5.74) is 3.51. The molecule has 3 aromatic rings. The van der Waals surface area contributed by atoms with Gasteiger partial charge in [-0.2, -0.15) is 0 Å². The fourth-order valence-electron chi connectivity index (χ4n) is 4.68. The van der Waals surface area contributed by atoms with Crippen LogP contribution in [-0.2, 0) is 10.2 Å². The summed E-state index contributed by atoms with van der Waals surface area (Å²) in [5.74, 6) is 0.390. The summed E-state index contributed by atoms with van der Waals surface area (Å²) < 4.78 is 0. The van der Waals surface area contributed by atoms with E-state index in [0.717, 1.165) is 35.6 Å². The molecule has 0 atom stereocenters. The van der Waals surface area contributed by atoms with Crippen LogP contribution in [-0.4, -0.2) is 29.2 Å². The van der Waals surface area contributed by atoms with Crippen LogP contribution in [0.2, 0.25) is 0 Å². The molecule has 3 N–H and O–H groups in total. The molecule has 33 heavy (non-hydrogen) atoms. The summed E-state index contributed by atoms with van der Waals surface area (Å²) in [6, 6.07) is 22.3. The predicted octanol–water partition coefficient (Wildman–Crippen LogP) is 5.81. The maximum absolute atomic E-state index is 13.1. The van der Waals surface area contributed by atoms with E-state index in [1.165, 1.54) is 19.3 Å². The molecular formula is C28H32N2O3. The second-order valence-electron chi connectivity index (χ2n) is 9.04. The number of nitrogens with zero attached hydrogens (tertiary/aromatic N) is 1. The molecule has 1 heterocycles. The first kappa shape index (κ1) is 22.7. The first-order valence-corrected chi connectivity index (χ1v) is 11.7. The van der Waals surface area contributed by atoms with Gasteiger partial charge >= 0.3 is 0 Å². The zero-order valence-corrected chi connectivity index (χ0v) is 19.1. The molecule has 0 aromatic heterocycles. The minimum absolute atomic E-state index is 0.0248. The van der Waals surface area contributed by atoms with Gasteiger partial charge in [0.1, 0.15) is 11.5 Å². The highest BCUT2D eigenvalue weighted by molar-refractivity contribution is 5.94. The topological polar surface area (TPSA) is 72.8 Å². The zero-order valence-electron chi connectivity index (χ0n) is 19.1. The van der Waals surface area contributed by atoms with Gasteiger partial charge in [-0.1, -0.05) is 43.3 Å². The highest BCUT2D eigenvalue weighted by atomic mass is 16.3. The number of hydrogen-bond acceptors (Lipinski definition) is 4. The van der Waals surface area contributed by atoms with E-state index >= 15 is 0 Å². The molecule has 4 rings (SSSR count). The van der Waals surface area contributed by atoms with E-state index in [0.29, 0.717) is 12.8 Å². The highest BCUT2D eigenvalue weighted by Crippen LogP contribution is 2.38. The quantitative estimate of drug-likeness (QED) is 0.430. The molecule has 5 nitrogen and oxygen atoms in total. The van der Waals surface area contributed by atoms with Gasteiger partial charge in [-0.3, -0.25) is 4.79 Å². The Morgan fingerprint density at radius 3 is 1.97 bits per heavy atom. The average Bonchev–Trinajstić information content (AvgIpc) is 2.84. The SMILES string of the molecule is CC(CCC(=O)Nc1ccccc1N1CCCCC1)(c1ccc(O)cc1)c1ccc(O)cc1. The summed E-state index contributed by atoms with van der Waals surface area (Å²) in [4.78, 5) is 15.4. The van der Waals surface area contributed by atoms with E-state index in [9.17, 15) is 15.0 Å². The first-order chi connectivity index (χ1) is 16.0. The van der Waals surface area contributed by atoms with Gasteiger partial charge in [-0.05, 0) is 73.2 Å². The lowest BCUT2D eigenvalue weighted by atomic mass is 9.73. The molecule has 172 valence electrons. The van der Waals surface area contributed by atoms with E-state index in [1.807, 2.05) is 42.5 Å². The molecule has 1 fully saturated rings. The van der Waals surface area contributed by atoms with Crippen LogP contribution in [0, 0.1) is 0 Å². The van der Waals surface area contributed by atoms with Crippen molar-refractivity contribution in [1.29, 1.82) is 0 Å². The van der Waals surface area contributed by atoms with Gasteiger partial charge < -0.3 is 20.4 Å². The maximum atomic E-state index is 13.1. The molecule has 1 amide bonds. The summed E-state index contributed by atoms with van der Waals surface area (Å²) >= 11 is 0. The van der Waals surface area contributed by atoms with Crippen LogP contribution in [0.25, 0.3) is 0 Å². The Balaban J connectivity index is 1.52. The third-order valence-corrected chi connectivity index (χ3v) is 6.74. The first-order valence-electron chi connectivity index (χ1n) is 11.7. The number of aromatic hydroxyl groups is 2. The molecule has 1 aliphatic heterocycles. The molecular weight excluding hydrogens is 412 g/mol. The Kier molecular flexibility index (Phi) is 6.87. The van der Waals surface area contributed by atoms with Crippen molar-refractivity contribution < 1.29 is 15.0 Å². The summed E-state index contributed by atoms with van der Waals surface area (Å²) in [5, 5.41) is 22.6. The molecule has 0 radical (unpaired) electrons. The Morgan fingerprint density at radius 2 is 1.39 bits per heavy atom.